The predicted molar refractivity (Wildman–Crippen MR) is 76.0 cm³/mol. The Bertz CT molecular complexity index is 748. The molecule has 20 heavy (non-hydrogen) atoms. The molecule has 4 nitrogen and oxygen atoms in total. The van der Waals surface area contributed by atoms with Crippen LogP contribution in [0.25, 0.3) is 17.3 Å². The highest BCUT2D eigenvalue weighted by molar-refractivity contribution is 6.02. The largest absolute Gasteiger partial charge is 0.339 e. The van der Waals surface area contributed by atoms with E-state index in [1.807, 2.05) is 28.9 Å². The lowest BCUT2D eigenvalue weighted by Gasteiger charge is -2.14. The van der Waals surface area contributed by atoms with Crippen LogP contribution in [0.1, 0.15) is 35.0 Å². The number of fused-ring (bicyclic) bond motifs is 1. The topological polar surface area (TPSA) is 58.7 Å². The van der Waals surface area contributed by atoms with E-state index in [-0.39, 0.29) is 5.78 Å². The molecule has 0 saturated heterocycles. The summed E-state index contributed by atoms with van der Waals surface area (Å²) in [6, 6.07) is 5.95. The Hall–Kier alpha value is -2.67. The van der Waals surface area contributed by atoms with Gasteiger partial charge < -0.3 is 4.57 Å². The first kappa shape index (κ1) is 12.4. The van der Waals surface area contributed by atoms with E-state index in [4.69, 9.17) is 0 Å². The molecule has 2 aromatic heterocycles. The third-order valence-corrected chi connectivity index (χ3v) is 3.50. The number of aromatic nitrogens is 2. The van der Waals surface area contributed by atoms with Crippen LogP contribution in [0.15, 0.2) is 30.6 Å². The van der Waals surface area contributed by atoms with Gasteiger partial charge in [0.25, 0.3) is 0 Å². The number of carbonyl (C=O) groups excluding carboxylic acids is 1. The molecule has 0 aromatic carbocycles. The summed E-state index contributed by atoms with van der Waals surface area (Å²) in [5.41, 5.74) is 3.46. The molecule has 3 rings (SSSR count). The standard InChI is InChI=1S/C16H13N3O/c1-11(20)15-13(9-17)16(12-5-4-7-18-10-12)19-8-3-2-6-14(15)19/h2,4-7,10H,3,8H2,1H3. The lowest BCUT2D eigenvalue weighted by molar-refractivity contribution is 0.101. The normalized spacial score (nSPS) is 12.8. The highest BCUT2D eigenvalue weighted by atomic mass is 16.1. The van der Waals surface area contributed by atoms with Gasteiger partial charge in [-0.05, 0) is 31.6 Å². The molecule has 0 radical (unpaired) electrons. The van der Waals surface area contributed by atoms with Gasteiger partial charge in [-0.3, -0.25) is 9.78 Å². The van der Waals surface area contributed by atoms with Crippen LogP contribution in [0.5, 0.6) is 0 Å². The minimum atomic E-state index is -0.0769. The maximum Gasteiger partial charge on any atom is 0.163 e. The predicted octanol–water partition coefficient (Wildman–Crippen LogP) is 3.04. The molecule has 1 aliphatic heterocycles. The van der Waals surface area contributed by atoms with Crippen LogP contribution in [-0.4, -0.2) is 15.3 Å². The van der Waals surface area contributed by atoms with Crippen LogP contribution < -0.4 is 0 Å². The van der Waals surface area contributed by atoms with E-state index in [1.54, 1.807) is 12.4 Å². The average molecular weight is 263 g/mol. The molecule has 1 aliphatic rings. The van der Waals surface area contributed by atoms with E-state index in [2.05, 4.69) is 11.1 Å². The van der Waals surface area contributed by atoms with Crippen LogP contribution in [-0.2, 0) is 6.54 Å². The average Bonchev–Trinajstić information content (AvgIpc) is 2.82. The van der Waals surface area contributed by atoms with Gasteiger partial charge in [0.05, 0.1) is 22.5 Å². The minimum absolute atomic E-state index is 0.0769. The number of rotatable bonds is 2. The number of ketones is 1. The van der Waals surface area contributed by atoms with E-state index in [0.29, 0.717) is 11.1 Å². The molecule has 0 bridgehead atoms. The second-order valence-electron chi connectivity index (χ2n) is 4.74. The number of hydrogen-bond donors (Lipinski definition) is 0. The van der Waals surface area contributed by atoms with E-state index >= 15 is 0 Å². The highest BCUT2D eigenvalue weighted by Crippen LogP contribution is 2.34. The molecule has 0 fully saturated rings. The zero-order chi connectivity index (χ0) is 14.1. The van der Waals surface area contributed by atoms with Crippen molar-refractivity contribution in [2.24, 2.45) is 0 Å². The summed E-state index contributed by atoms with van der Waals surface area (Å²) in [4.78, 5) is 16.0. The molecule has 0 amide bonds. The van der Waals surface area contributed by atoms with Gasteiger partial charge >= 0.3 is 0 Å². The smallest absolute Gasteiger partial charge is 0.163 e. The highest BCUT2D eigenvalue weighted by Gasteiger charge is 2.25. The monoisotopic (exact) mass is 263 g/mol. The molecule has 0 unspecified atom stereocenters. The summed E-state index contributed by atoms with van der Waals surface area (Å²) in [5.74, 6) is -0.0769. The quantitative estimate of drug-likeness (QED) is 0.782. The maximum absolute atomic E-state index is 11.9. The number of pyridine rings is 1. The Morgan fingerprint density at radius 1 is 1.50 bits per heavy atom. The summed E-state index contributed by atoms with van der Waals surface area (Å²) in [6.07, 6.45) is 8.29. The van der Waals surface area contributed by atoms with Crippen molar-refractivity contribution in [2.75, 3.05) is 0 Å². The molecule has 0 spiro atoms. The van der Waals surface area contributed by atoms with Crippen molar-refractivity contribution in [1.82, 2.24) is 9.55 Å². The molecule has 0 N–H and O–H groups in total. The summed E-state index contributed by atoms with van der Waals surface area (Å²) < 4.78 is 2.05. The number of nitrogens with zero attached hydrogens (tertiary/aromatic N) is 3. The number of Topliss-reactive ketones (excluding diaryl/α,β-unsaturated/α-hetero) is 1. The lowest BCUT2D eigenvalue weighted by atomic mass is 10.0. The van der Waals surface area contributed by atoms with Crippen LogP contribution in [0, 0.1) is 11.3 Å². The van der Waals surface area contributed by atoms with E-state index in [9.17, 15) is 10.1 Å². The summed E-state index contributed by atoms with van der Waals surface area (Å²) in [6.45, 7) is 2.28. The number of carbonyl (C=O) groups is 1. The Morgan fingerprint density at radius 2 is 2.35 bits per heavy atom. The molecule has 3 heterocycles. The Balaban J connectivity index is 2.38. The summed E-state index contributed by atoms with van der Waals surface area (Å²) in [5, 5.41) is 9.50. The van der Waals surface area contributed by atoms with Crippen LogP contribution in [0.2, 0.25) is 0 Å². The van der Waals surface area contributed by atoms with Gasteiger partial charge in [-0.25, -0.2) is 0 Å². The van der Waals surface area contributed by atoms with E-state index in [0.717, 1.165) is 29.9 Å². The fourth-order valence-electron chi connectivity index (χ4n) is 2.71. The Kier molecular flexibility index (Phi) is 2.96. The fraction of sp³-hybridized carbons (Fsp3) is 0.188. The second-order valence-corrected chi connectivity index (χ2v) is 4.74. The van der Waals surface area contributed by atoms with Gasteiger partial charge in [0.15, 0.2) is 5.78 Å². The summed E-state index contributed by atoms with van der Waals surface area (Å²) >= 11 is 0. The molecule has 4 heteroatoms. The zero-order valence-electron chi connectivity index (χ0n) is 11.1. The zero-order valence-corrected chi connectivity index (χ0v) is 11.1. The van der Waals surface area contributed by atoms with Crippen molar-refractivity contribution in [3.05, 3.63) is 47.4 Å². The number of nitriles is 1. The Labute approximate surface area is 117 Å². The maximum atomic E-state index is 11.9. The number of allylic oxidation sites excluding steroid dienone is 1. The molecule has 0 aliphatic carbocycles. The van der Waals surface area contributed by atoms with Gasteiger partial charge in [-0.15, -0.1) is 0 Å². The van der Waals surface area contributed by atoms with Crippen molar-refractivity contribution < 1.29 is 4.79 Å². The van der Waals surface area contributed by atoms with Crippen molar-refractivity contribution in [1.29, 1.82) is 5.26 Å². The van der Waals surface area contributed by atoms with Crippen molar-refractivity contribution in [2.45, 2.75) is 19.9 Å². The summed E-state index contributed by atoms with van der Waals surface area (Å²) in [7, 11) is 0. The van der Waals surface area contributed by atoms with Crippen molar-refractivity contribution in [3.63, 3.8) is 0 Å². The molecule has 0 atom stereocenters. The van der Waals surface area contributed by atoms with E-state index in [1.165, 1.54) is 6.92 Å². The van der Waals surface area contributed by atoms with Crippen molar-refractivity contribution >= 4 is 11.9 Å². The molecule has 98 valence electrons. The molecular formula is C16H13N3O. The van der Waals surface area contributed by atoms with Gasteiger partial charge in [-0.1, -0.05) is 6.08 Å². The Morgan fingerprint density at radius 3 is 3.00 bits per heavy atom. The van der Waals surface area contributed by atoms with Crippen LogP contribution in [0.4, 0.5) is 0 Å². The second kappa shape index (κ2) is 4.78. The first-order valence-corrected chi connectivity index (χ1v) is 6.48. The van der Waals surface area contributed by atoms with E-state index < -0.39 is 0 Å². The van der Waals surface area contributed by atoms with Gasteiger partial charge in [0.1, 0.15) is 6.07 Å². The SMILES string of the molecule is CC(=O)c1c(C#N)c(-c2cccnc2)n2c1C=CCC2. The first-order valence-electron chi connectivity index (χ1n) is 6.48. The molecule has 2 aromatic rings. The van der Waals surface area contributed by atoms with Crippen LogP contribution in [0.3, 0.4) is 0 Å². The van der Waals surface area contributed by atoms with Gasteiger partial charge in [0.2, 0.25) is 0 Å². The third kappa shape index (κ3) is 1.76. The third-order valence-electron chi connectivity index (χ3n) is 3.50. The lowest BCUT2D eigenvalue weighted by Crippen LogP contribution is -2.06. The van der Waals surface area contributed by atoms with Crippen molar-refractivity contribution in [3.8, 4) is 17.3 Å². The first-order chi connectivity index (χ1) is 9.74. The number of hydrogen-bond acceptors (Lipinski definition) is 3. The van der Waals surface area contributed by atoms with Gasteiger partial charge in [0, 0.05) is 24.5 Å². The van der Waals surface area contributed by atoms with Crippen LogP contribution >= 0.6 is 0 Å². The van der Waals surface area contributed by atoms with Gasteiger partial charge in [-0.2, -0.15) is 5.26 Å². The molecular weight excluding hydrogens is 250 g/mol. The molecule has 0 saturated carbocycles. The minimum Gasteiger partial charge on any atom is -0.339 e. The fourth-order valence-corrected chi connectivity index (χ4v) is 2.71.